The molecule has 114 valence electrons. The van der Waals surface area contributed by atoms with E-state index in [4.69, 9.17) is 5.73 Å². The number of nitrogens with zero attached hydrogens (tertiary/aromatic N) is 5. The number of nitrogens with two attached hydrogens (primary N) is 1. The Kier molecular flexibility index (Phi) is 4.30. The molecule has 1 fully saturated rings. The van der Waals surface area contributed by atoms with Gasteiger partial charge in [0.2, 0.25) is 5.13 Å². The van der Waals surface area contributed by atoms with Crippen molar-refractivity contribution in [1.29, 1.82) is 0 Å². The summed E-state index contributed by atoms with van der Waals surface area (Å²) in [5, 5.41) is 19.0. The number of aromatic nitrogens is 5. The van der Waals surface area contributed by atoms with Gasteiger partial charge in [0.15, 0.2) is 0 Å². The summed E-state index contributed by atoms with van der Waals surface area (Å²) in [6.07, 6.45) is 6.25. The molecule has 0 saturated heterocycles. The molecule has 0 aliphatic heterocycles. The van der Waals surface area contributed by atoms with Crippen molar-refractivity contribution in [3.63, 3.8) is 0 Å². The van der Waals surface area contributed by atoms with E-state index in [0.717, 1.165) is 21.5 Å². The molecule has 2 aromatic heterocycles. The molecule has 2 aromatic rings. The Morgan fingerprint density at radius 2 is 1.95 bits per heavy atom. The first-order valence-electron chi connectivity index (χ1n) is 7.69. The van der Waals surface area contributed by atoms with Crippen LogP contribution in [-0.4, -0.2) is 25.2 Å². The Bertz CT molecular complexity index is 596. The largest absolute Gasteiger partial charge is 0.325 e. The van der Waals surface area contributed by atoms with E-state index in [1.807, 2.05) is 4.68 Å². The standard InChI is InChI=1S/C14H22N6S/c1-9(2)13-17-18-14(21-13)20-12(11(8-15)16-19-20)10-6-4-3-5-7-10/h9-10H,3-8,15H2,1-2H3. The molecule has 1 aliphatic rings. The molecule has 7 heteroatoms. The SMILES string of the molecule is CC(C)c1nnc(-n2nnc(CN)c2C2CCCCC2)s1. The number of hydrogen-bond donors (Lipinski definition) is 1. The lowest BCUT2D eigenvalue weighted by molar-refractivity contribution is 0.427. The van der Waals surface area contributed by atoms with Crippen LogP contribution < -0.4 is 5.73 Å². The molecule has 1 aliphatic carbocycles. The summed E-state index contributed by atoms with van der Waals surface area (Å²) in [5.74, 6) is 0.880. The van der Waals surface area contributed by atoms with Crippen LogP contribution in [0.1, 0.15) is 74.2 Å². The Morgan fingerprint density at radius 1 is 1.19 bits per heavy atom. The fourth-order valence-corrected chi connectivity index (χ4v) is 3.74. The Morgan fingerprint density at radius 3 is 2.57 bits per heavy atom. The number of hydrogen-bond acceptors (Lipinski definition) is 6. The summed E-state index contributed by atoms with van der Waals surface area (Å²) >= 11 is 1.59. The van der Waals surface area contributed by atoms with Crippen molar-refractivity contribution in [2.75, 3.05) is 0 Å². The van der Waals surface area contributed by atoms with Gasteiger partial charge in [-0.05, 0) is 12.8 Å². The van der Waals surface area contributed by atoms with Crippen molar-refractivity contribution in [1.82, 2.24) is 25.2 Å². The van der Waals surface area contributed by atoms with Crippen LogP contribution in [0.15, 0.2) is 0 Å². The first-order chi connectivity index (χ1) is 10.2. The highest BCUT2D eigenvalue weighted by Gasteiger charge is 2.26. The molecule has 1 saturated carbocycles. The maximum Gasteiger partial charge on any atom is 0.234 e. The lowest BCUT2D eigenvalue weighted by Crippen LogP contribution is -2.14. The van der Waals surface area contributed by atoms with Crippen LogP contribution >= 0.6 is 11.3 Å². The second-order valence-electron chi connectivity index (χ2n) is 5.95. The topological polar surface area (TPSA) is 82.5 Å². The first kappa shape index (κ1) is 14.6. The van der Waals surface area contributed by atoms with E-state index in [0.29, 0.717) is 18.4 Å². The number of rotatable bonds is 4. The average molecular weight is 306 g/mol. The lowest BCUT2D eigenvalue weighted by atomic mass is 9.86. The van der Waals surface area contributed by atoms with Crippen molar-refractivity contribution < 1.29 is 0 Å². The third-order valence-electron chi connectivity index (χ3n) is 4.07. The smallest absolute Gasteiger partial charge is 0.234 e. The van der Waals surface area contributed by atoms with Gasteiger partial charge in [0.1, 0.15) is 10.7 Å². The highest BCUT2D eigenvalue weighted by atomic mass is 32.1. The van der Waals surface area contributed by atoms with E-state index in [9.17, 15) is 0 Å². The van der Waals surface area contributed by atoms with E-state index in [1.165, 1.54) is 32.1 Å². The Balaban J connectivity index is 1.99. The summed E-state index contributed by atoms with van der Waals surface area (Å²) in [4.78, 5) is 0. The van der Waals surface area contributed by atoms with Crippen LogP contribution in [0.25, 0.3) is 5.13 Å². The summed E-state index contributed by atoms with van der Waals surface area (Å²) in [6.45, 7) is 4.68. The monoisotopic (exact) mass is 306 g/mol. The second kappa shape index (κ2) is 6.19. The highest BCUT2D eigenvalue weighted by molar-refractivity contribution is 7.13. The van der Waals surface area contributed by atoms with Gasteiger partial charge in [-0.15, -0.1) is 15.3 Å². The van der Waals surface area contributed by atoms with Gasteiger partial charge in [-0.1, -0.05) is 49.7 Å². The molecule has 3 rings (SSSR count). The molecule has 2 heterocycles. The van der Waals surface area contributed by atoms with Crippen molar-refractivity contribution >= 4 is 11.3 Å². The van der Waals surface area contributed by atoms with E-state index in [-0.39, 0.29) is 0 Å². The van der Waals surface area contributed by atoms with Gasteiger partial charge in [-0.25, -0.2) is 0 Å². The van der Waals surface area contributed by atoms with Crippen LogP contribution in [0.3, 0.4) is 0 Å². The molecule has 6 nitrogen and oxygen atoms in total. The van der Waals surface area contributed by atoms with Crippen LogP contribution in [-0.2, 0) is 6.54 Å². The van der Waals surface area contributed by atoms with Crippen molar-refractivity contribution in [3.05, 3.63) is 16.4 Å². The molecular formula is C14H22N6S. The van der Waals surface area contributed by atoms with E-state index >= 15 is 0 Å². The molecule has 0 radical (unpaired) electrons. The minimum absolute atomic E-state index is 0.381. The molecule has 0 bridgehead atoms. The van der Waals surface area contributed by atoms with E-state index < -0.39 is 0 Å². The molecule has 0 atom stereocenters. The Hall–Kier alpha value is -1.34. The van der Waals surface area contributed by atoms with Crippen LogP contribution in [0.4, 0.5) is 0 Å². The average Bonchev–Trinajstić information content (AvgIpc) is 3.14. The minimum atomic E-state index is 0.381. The van der Waals surface area contributed by atoms with Gasteiger partial charge in [0.25, 0.3) is 0 Å². The molecule has 21 heavy (non-hydrogen) atoms. The summed E-state index contributed by atoms with van der Waals surface area (Å²) in [6, 6.07) is 0. The van der Waals surface area contributed by atoms with Gasteiger partial charge in [0.05, 0.1) is 5.69 Å². The molecule has 2 N–H and O–H groups in total. The summed E-state index contributed by atoms with van der Waals surface area (Å²) in [7, 11) is 0. The van der Waals surface area contributed by atoms with Gasteiger partial charge in [0, 0.05) is 18.4 Å². The van der Waals surface area contributed by atoms with Crippen LogP contribution in [0.2, 0.25) is 0 Å². The third kappa shape index (κ3) is 2.85. The van der Waals surface area contributed by atoms with Gasteiger partial charge in [-0.2, -0.15) is 4.68 Å². The summed E-state index contributed by atoms with van der Waals surface area (Å²) in [5.41, 5.74) is 7.92. The van der Waals surface area contributed by atoms with Crippen molar-refractivity contribution in [3.8, 4) is 5.13 Å². The second-order valence-corrected chi connectivity index (χ2v) is 6.94. The molecular weight excluding hydrogens is 284 g/mol. The third-order valence-corrected chi connectivity index (χ3v) is 5.27. The zero-order chi connectivity index (χ0) is 14.8. The van der Waals surface area contributed by atoms with E-state index in [2.05, 4.69) is 34.4 Å². The van der Waals surface area contributed by atoms with Crippen LogP contribution in [0.5, 0.6) is 0 Å². The quantitative estimate of drug-likeness (QED) is 0.939. The normalized spacial score (nSPS) is 16.8. The predicted octanol–water partition coefficient (Wildman–Crippen LogP) is 2.75. The fourth-order valence-electron chi connectivity index (χ4n) is 2.94. The molecule has 0 unspecified atom stereocenters. The fraction of sp³-hybridized carbons (Fsp3) is 0.714. The Labute approximate surface area is 128 Å². The van der Waals surface area contributed by atoms with Crippen molar-refractivity contribution in [2.24, 2.45) is 5.73 Å². The maximum absolute atomic E-state index is 5.85. The van der Waals surface area contributed by atoms with Gasteiger partial charge in [-0.3, -0.25) is 0 Å². The predicted molar refractivity (Wildman–Crippen MR) is 82.6 cm³/mol. The highest BCUT2D eigenvalue weighted by Crippen LogP contribution is 2.35. The maximum atomic E-state index is 5.85. The molecule has 0 amide bonds. The zero-order valence-electron chi connectivity index (χ0n) is 12.6. The first-order valence-corrected chi connectivity index (χ1v) is 8.50. The van der Waals surface area contributed by atoms with Gasteiger partial charge >= 0.3 is 0 Å². The van der Waals surface area contributed by atoms with E-state index in [1.54, 1.807) is 11.3 Å². The lowest BCUT2D eigenvalue weighted by Gasteiger charge is -2.22. The zero-order valence-corrected chi connectivity index (χ0v) is 13.4. The van der Waals surface area contributed by atoms with Crippen molar-refractivity contribution in [2.45, 2.75) is 64.3 Å². The molecule has 0 spiro atoms. The summed E-state index contributed by atoms with van der Waals surface area (Å²) < 4.78 is 1.88. The molecule has 0 aromatic carbocycles. The van der Waals surface area contributed by atoms with Crippen LogP contribution in [0, 0.1) is 0 Å². The van der Waals surface area contributed by atoms with Gasteiger partial charge < -0.3 is 5.73 Å². The minimum Gasteiger partial charge on any atom is -0.325 e.